The Morgan fingerprint density at radius 2 is 1.74 bits per heavy atom. The van der Waals surface area contributed by atoms with E-state index in [0.717, 1.165) is 32.8 Å². The minimum Gasteiger partial charge on any atom is -0.379 e. The van der Waals surface area contributed by atoms with Gasteiger partial charge >= 0.3 is 0 Å². The summed E-state index contributed by atoms with van der Waals surface area (Å²) < 4.78 is 19.1. The van der Waals surface area contributed by atoms with E-state index < -0.39 is 0 Å². The van der Waals surface area contributed by atoms with Crippen molar-refractivity contribution in [2.24, 2.45) is 0 Å². The van der Waals surface area contributed by atoms with Crippen molar-refractivity contribution in [3.8, 4) is 0 Å². The average molecular weight is 321 g/mol. The minimum absolute atomic E-state index is 0.195. The van der Waals surface area contributed by atoms with Gasteiger partial charge in [0.15, 0.2) is 0 Å². The molecule has 0 N–H and O–H groups in total. The Hall–Kier alpha value is -1.66. The van der Waals surface area contributed by atoms with Crippen molar-refractivity contribution in [2.45, 2.75) is 6.42 Å². The van der Waals surface area contributed by atoms with E-state index in [4.69, 9.17) is 4.74 Å². The molecule has 2 heterocycles. The van der Waals surface area contributed by atoms with Crippen molar-refractivity contribution in [3.63, 3.8) is 0 Å². The molecule has 2 saturated heterocycles. The lowest BCUT2D eigenvalue weighted by Gasteiger charge is -2.36. The first kappa shape index (κ1) is 16.2. The zero-order valence-electron chi connectivity index (χ0n) is 13.4. The summed E-state index contributed by atoms with van der Waals surface area (Å²) in [7, 11) is 0. The van der Waals surface area contributed by atoms with Gasteiger partial charge in [-0.1, -0.05) is 12.1 Å². The van der Waals surface area contributed by atoms with Gasteiger partial charge in [-0.05, 0) is 12.1 Å². The first-order chi connectivity index (χ1) is 11.2. The standard InChI is InChI=1S/C17H24FN3O2/c18-15-3-1-2-4-16(15)20-7-9-21(10-8-20)17(22)5-6-19-11-13-23-14-12-19/h1-4H,5-14H2. The van der Waals surface area contributed by atoms with Crippen molar-refractivity contribution < 1.29 is 13.9 Å². The number of para-hydroxylation sites is 1. The van der Waals surface area contributed by atoms with Crippen LogP contribution >= 0.6 is 0 Å². The summed E-state index contributed by atoms with van der Waals surface area (Å²) >= 11 is 0. The van der Waals surface area contributed by atoms with E-state index in [-0.39, 0.29) is 11.7 Å². The highest BCUT2D eigenvalue weighted by molar-refractivity contribution is 5.76. The van der Waals surface area contributed by atoms with Crippen LogP contribution in [0.5, 0.6) is 0 Å². The number of hydrogen-bond acceptors (Lipinski definition) is 4. The van der Waals surface area contributed by atoms with Gasteiger partial charge in [0.1, 0.15) is 5.82 Å². The largest absolute Gasteiger partial charge is 0.379 e. The predicted molar refractivity (Wildman–Crippen MR) is 87.1 cm³/mol. The highest BCUT2D eigenvalue weighted by Gasteiger charge is 2.23. The number of morpholine rings is 1. The molecule has 1 aromatic carbocycles. The third-order valence-electron chi connectivity index (χ3n) is 4.57. The zero-order valence-corrected chi connectivity index (χ0v) is 13.4. The van der Waals surface area contributed by atoms with Crippen molar-refractivity contribution >= 4 is 11.6 Å². The van der Waals surface area contributed by atoms with Crippen LogP contribution in [0.15, 0.2) is 24.3 Å². The fraction of sp³-hybridized carbons (Fsp3) is 0.588. The molecule has 2 aliphatic rings. The zero-order chi connectivity index (χ0) is 16.1. The molecule has 2 fully saturated rings. The van der Waals surface area contributed by atoms with Gasteiger partial charge in [-0.2, -0.15) is 0 Å². The predicted octanol–water partition coefficient (Wildman–Crippen LogP) is 1.20. The third-order valence-corrected chi connectivity index (χ3v) is 4.57. The molecule has 0 atom stereocenters. The quantitative estimate of drug-likeness (QED) is 0.835. The first-order valence-corrected chi connectivity index (χ1v) is 8.31. The lowest BCUT2D eigenvalue weighted by molar-refractivity contribution is -0.132. The number of amides is 1. The van der Waals surface area contributed by atoms with Crippen LogP contribution in [0.25, 0.3) is 0 Å². The number of carbonyl (C=O) groups excluding carboxylic acids is 1. The summed E-state index contributed by atoms with van der Waals surface area (Å²) in [5.74, 6) is 0.00395. The van der Waals surface area contributed by atoms with Crippen LogP contribution in [0.4, 0.5) is 10.1 Å². The number of benzene rings is 1. The van der Waals surface area contributed by atoms with Gasteiger partial charge in [-0.3, -0.25) is 9.69 Å². The number of halogens is 1. The summed E-state index contributed by atoms with van der Waals surface area (Å²) in [6.07, 6.45) is 0.555. The molecule has 126 valence electrons. The molecule has 1 amide bonds. The topological polar surface area (TPSA) is 36.0 Å². The smallest absolute Gasteiger partial charge is 0.223 e. The summed E-state index contributed by atoms with van der Waals surface area (Å²) in [4.78, 5) is 18.5. The Morgan fingerprint density at radius 3 is 2.43 bits per heavy atom. The third kappa shape index (κ3) is 4.20. The van der Waals surface area contributed by atoms with Crippen LogP contribution in [0.3, 0.4) is 0 Å². The molecule has 6 heteroatoms. The van der Waals surface area contributed by atoms with Gasteiger partial charge in [0, 0.05) is 52.2 Å². The summed E-state index contributed by atoms with van der Waals surface area (Å²) in [5, 5.41) is 0. The Labute approximate surface area is 136 Å². The molecule has 0 aromatic heterocycles. The van der Waals surface area contributed by atoms with Crippen LogP contribution in [0.1, 0.15) is 6.42 Å². The minimum atomic E-state index is -0.195. The molecule has 5 nitrogen and oxygen atoms in total. The fourth-order valence-electron chi connectivity index (χ4n) is 3.14. The monoisotopic (exact) mass is 321 g/mol. The SMILES string of the molecule is O=C(CCN1CCOCC1)N1CCN(c2ccccc2F)CC1. The highest BCUT2D eigenvalue weighted by Crippen LogP contribution is 2.20. The van der Waals surface area contributed by atoms with E-state index in [9.17, 15) is 9.18 Å². The molecular weight excluding hydrogens is 297 g/mol. The number of rotatable bonds is 4. The molecule has 3 rings (SSSR count). The van der Waals surface area contributed by atoms with Crippen molar-refractivity contribution in [1.82, 2.24) is 9.80 Å². The Morgan fingerprint density at radius 1 is 1.04 bits per heavy atom. The number of ether oxygens (including phenoxy) is 1. The Kier molecular flexibility index (Phi) is 5.46. The first-order valence-electron chi connectivity index (χ1n) is 8.31. The Balaban J connectivity index is 1.45. The molecule has 0 radical (unpaired) electrons. The van der Waals surface area contributed by atoms with Crippen LogP contribution < -0.4 is 4.90 Å². The second-order valence-corrected chi connectivity index (χ2v) is 6.02. The van der Waals surface area contributed by atoms with Crippen molar-refractivity contribution in [2.75, 3.05) is 63.9 Å². The van der Waals surface area contributed by atoms with Crippen molar-refractivity contribution in [1.29, 1.82) is 0 Å². The van der Waals surface area contributed by atoms with Gasteiger partial charge < -0.3 is 14.5 Å². The molecule has 0 saturated carbocycles. The highest BCUT2D eigenvalue weighted by atomic mass is 19.1. The van der Waals surface area contributed by atoms with E-state index in [1.165, 1.54) is 6.07 Å². The maximum absolute atomic E-state index is 13.8. The number of piperazine rings is 1. The van der Waals surface area contributed by atoms with E-state index in [0.29, 0.717) is 38.3 Å². The molecule has 0 spiro atoms. The molecule has 0 unspecified atom stereocenters. The fourth-order valence-corrected chi connectivity index (χ4v) is 3.14. The van der Waals surface area contributed by atoms with Crippen LogP contribution in [0.2, 0.25) is 0 Å². The van der Waals surface area contributed by atoms with Crippen LogP contribution in [-0.4, -0.2) is 74.7 Å². The van der Waals surface area contributed by atoms with E-state index >= 15 is 0 Å². The van der Waals surface area contributed by atoms with E-state index in [1.54, 1.807) is 12.1 Å². The number of hydrogen-bond donors (Lipinski definition) is 0. The second-order valence-electron chi connectivity index (χ2n) is 6.02. The maximum atomic E-state index is 13.8. The molecule has 2 aliphatic heterocycles. The lowest BCUT2D eigenvalue weighted by atomic mass is 10.2. The second kappa shape index (κ2) is 7.75. The molecule has 0 aliphatic carbocycles. The number of carbonyl (C=O) groups is 1. The number of nitrogens with zero attached hydrogens (tertiary/aromatic N) is 3. The summed E-state index contributed by atoms with van der Waals surface area (Å²) in [6.45, 7) is 6.84. The van der Waals surface area contributed by atoms with Gasteiger partial charge in [-0.25, -0.2) is 4.39 Å². The molecular formula is C17H24FN3O2. The van der Waals surface area contributed by atoms with Gasteiger partial charge in [0.2, 0.25) is 5.91 Å². The summed E-state index contributed by atoms with van der Waals surface area (Å²) in [5.41, 5.74) is 0.632. The van der Waals surface area contributed by atoms with Gasteiger partial charge in [0.05, 0.1) is 18.9 Å². The van der Waals surface area contributed by atoms with Crippen LogP contribution in [0, 0.1) is 5.82 Å². The van der Waals surface area contributed by atoms with Gasteiger partial charge in [0.25, 0.3) is 0 Å². The maximum Gasteiger partial charge on any atom is 0.223 e. The van der Waals surface area contributed by atoms with E-state index in [1.807, 2.05) is 15.9 Å². The van der Waals surface area contributed by atoms with Gasteiger partial charge in [-0.15, -0.1) is 0 Å². The normalized spacial score (nSPS) is 19.9. The van der Waals surface area contributed by atoms with Crippen molar-refractivity contribution in [3.05, 3.63) is 30.1 Å². The Bertz CT molecular complexity index is 526. The van der Waals surface area contributed by atoms with Crippen LogP contribution in [-0.2, 0) is 9.53 Å². The average Bonchev–Trinajstić information content (AvgIpc) is 2.61. The molecule has 1 aromatic rings. The molecule has 23 heavy (non-hydrogen) atoms. The summed E-state index contributed by atoms with van der Waals surface area (Å²) in [6, 6.07) is 6.82. The van der Waals surface area contributed by atoms with E-state index in [2.05, 4.69) is 4.90 Å². The number of anilines is 1. The molecule has 0 bridgehead atoms. The lowest BCUT2D eigenvalue weighted by Crippen LogP contribution is -2.49.